The molecule has 1 heterocycles. The number of nitrogens with zero attached hydrogens (tertiary/aromatic N) is 1. The molecular weight excluding hydrogens is 309 g/mol. The Bertz CT molecular complexity index is 648. The summed E-state index contributed by atoms with van der Waals surface area (Å²) in [5.74, 6) is -0.810. The van der Waals surface area contributed by atoms with E-state index < -0.39 is 27.9 Å². The molecule has 1 aliphatic rings. The van der Waals surface area contributed by atoms with E-state index in [0.717, 1.165) is 6.07 Å². The topological polar surface area (TPSA) is 92.5 Å². The Balaban J connectivity index is 2.08. The smallest absolute Gasteiger partial charge is 0.240 e. The monoisotopic (exact) mass is 329 g/mol. The maximum Gasteiger partial charge on any atom is 0.240 e. The maximum absolute atomic E-state index is 13.2. The van der Waals surface area contributed by atoms with E-state index >= 15 is 0 Å². The van der Waals surface area contributed by atoms with E-state index in [9.17, 15) is 17.6 Å². The van der Waals surface area contributed by atoms with Crippen LogP contribution in [0.3, 0.4) is 0 Å². The lowest BCUT2D eigenvalue weighted by atomic mass is 10.1. The van der Waals surface area contributed by atoms with Gasteiger partial charge in [0.25, 0.3) is 0 Å². The van der Waals surface area contributed by atoms with Gasteiger partial charge in [0.2, 0.25) is 15.9 Å². The fourth-order valence-electron chi connectivity index (χ4n) is 2.48. The van der Waals surface area contributed by atoms with Crippen molar-refractivity contribution in [3.63, 3.8) is 0 Å². The van der Waals surface area contributed by atoms with E-state index in [1.54, 1.807) is 11.8 Å². The minimum absolute atomic E-state index is 0.122. The number of benzene rings is 1. The van der Waals surface area contributed by atoms with E-state index in [2.05, 4.69) is 4.72 Å². The largest absolute Gasteiger partial charge is 0.340 e. The summed E-state index contributed by atoms with van der Waals surface area (Å²) in [6, 6.07) is 3.82. The fraction of sp³-hybridized carbons (Fsp3) is 0.500. The number of hydrogen-bond acceptors (Lipinski definition) is 4. The Morgan fingerprint density at radius 2 is 2.23 bits per heavy atom. The van der Waals surface area contributed by atoms with Gasteiger partial charge in [-0.2, -0.15) is 0 Å². The van der Waals surface area contributed by atoms with Crippen LogP contribution in [0.25, 0.3) is 0 Å². The van der Waals surface area contributed by atoms with E-state index in [0.29, 0.717) is 19.4 Å². The third kappa shape index (κ3) is 4.02. The Kier molecular flexibility index (Phi) is 5.15. The lowest BCUT2D eigenvalue weighted by molar-refractivity contribution is -0.133. The van der Waals surface area contributed by atoms with Gasteiger partial charge in [0.15, 0.2) is 0 Å². The first kappa shape index (κ1) is 16.9. The zero-order chi connectivity index (χ0) is 16.3. The highest BCUT2D eigenvalue weighted by Gasteiger charge is 2.28. The zero-order valence-corrected chi connectivity index (χ0v) is 13.1. The molecule has 1 aromatic rings. The van der Waals surface area contributed by atoms with Gasteiger partial charge in [0, 0.05) is 19.1 Å². The molecule has 1 aromatic carbocycles. The fourth-order valence-corrected chi connectivity index (χ4v) is 3.78. The van der Waals surface area contributed by atoms with Gasteiger partial charge in [-0.25, -0.2) is 17.5 Å². The predicted molar refractivity (Wildman–Crippen MR) is 80.0 cm³/mol. The summed E-state index contributed by atoms with van der Waals surface area (Å²) in [4.78, 5) is 13.3. The van der Waals surface area contributed by atoms with Gasteiger partial charge in [-0.3, -0.25) is 4.79 Å². The third-order valence-corrected chi connectivity index (χ3v) is 5.07. The number of piperidine rings is 1. The van der Waals surface area contributed by atoms with Gasteiger partial charge in [-0.1, -0.05) is 6.07 Å². The second-order valence-corrected chi connectivity index (χ2v) is 7.20. The first-order chi connectivity index (χ1) is 10.3. The Hall–Kier alpha value is -1.51. The minimum Gasteiger partial charge on any atom is -0.340 e. The molecule has 3 N–H and O–H groups in total. The summed E-state index contributed by atoms with van der Waals surface area (Å²) >= 11 is 0. The highest BCUT2D eigenvalue weighted by molar-refractivity contribution is 7.89. The van der Waals surface area contributed by atoms with Crippen LogP contribution in [-0.2, 0) is 14.8 Å². The van der Waals surface area contributed by atoms with E-state index in [1.807, 2.05) is 0 Å². The van der Waals surface area contributed by atoms with Gasteiger partial charge in [0.1, 0.15) is 5.82 Å². The van der Waals surface area contributed by atoms with Crippen LogP contribution in [0.4, 0.5) is 4.39 Å². The molecule has 6 nitrogen and oxygen atoms in total. The molecule has 1 saturated heterocycles. The quantitative estimate of drug-likeness (QED) is 0.838. The van der Waals surface area contributed by atoms with Crippen LogP contribution in [0.2, 0.25) is 0 Å². The van der Waals surface area contributed by atoms with Crippen molar-refractivity contribution in [1.82, 2.24) is 9.62 Å². The summed E-state index contributed by atoms with van der Waals surface area (Å²) in [5.41, 5.74) is 5.58. The molecule has 1 amide bonds. The van der Waals surface area contributed by atoms with Crippen molar-refractivity contribution in [3.8, 4) is 0 Å². The van der Waals surface area contributed by atoms with E-state index in [4.69, 9.17) is 5.73 Å². The molecule has 0 radical (unpaired) electrons. The molecule has 122 valence electrons. The molecule has 0 saturated carbocycles. The summed E-state index contributed by atoms with van der Waals surface area (Å²) in [6.07, 6.45) is 1.31. The van der Waals surface area contributed by atoms with Crippen molar-refractivity contribution in [2.45, 2.75) is 36.7 Å². The van der Waals surface area contributed by atoms with Crippen molar-refractivity contribution in [2.75, 3.05) is 13.1 Å². The van der Waals surface area contributed by atoms with Gasteiger partial charge in [0.05, 0.1) is 10.9 Å². The van der Waals surface area contributed by atoms with Crippen molar-refractivity contribution >= 4 is 15.9 Å². The molecule has 0 spiro atoms. The van der Waals surface area contributed by atoms with E-state index in [-0.39, 0.29) is 17.3 Å². The number of amides is 1. The summed E-state index contributed by atoms with van der Waals surface area (Å²) in [6.45, 7) is 2.44. The number of sulfonamides is 1. The number of carbonyl (C=O) groups excluding carboxylic acids is 1. The van der Waals surface area contributed by atoms with Crippen LogP contribution >= 0.6 is 0 Å². The van der Waals surface area contributed by atoms with Gasteiger partial charge in [-0.15, -0.1) is 0 Å². The standard InChI is InChI=1S/C14H20FN3O3S/c1-10(16)14(19)18-7-3-5-12(9-18)17-22(20,21)13-6-2-4-11(15)8-13/h2,4,6,8,10,12,17H,3,5,7,9,16H2,1H3/t10-,12?/m1/s1. The normalized spacial score (nSPS) is 20.7. The Labute approximate surface area is 129 Å². The zero-order valence-electron chi connectivity index (χ0n) is 12.3. The highest BCUT2D eigenvalue weighted by atomic mass is 32.2. The maximum atomic E-state index is 13.2. The molecular formula is C14H20FN3O3S. The van der Waals surface area contributed by atoms with E-state index in [1.165, 1.54) is 18.2 Å². The first-order valence-corrected chi connectivity index (χ1v) is 8.60. The number of rotatable bonds is 4. The number of halogens is 1. The Morgan fingerprint density at radius 1 is 1.50 bits per heavy atom. The molecule has 2 atom stereocenters. The molecule has 22 heavy (non-hydrogen) atoms. The number of nitrogens with two attached hydrogens (primary N) is 1. The van der Waals surface area contributed by atoms with Gasteiger partial charge in [-0.05, 0) is 38.0 Å². The number of carbonyl (C=O) groups is 1. The second-order valence-electron chi connectivity index (χ2n) is 5.49. The first-order valence-electron chi connectivity index (χ1n) is 7.12. The molecule has 1 fully saturated rings. The van der Waals surface area contributed by atoms with Gasteiger partial charge < -0.3 is 10.6 Å². The molecule has 0 bridgehead atoms. The van der Waals surface area contributed by atoms with Crippen LogP contribution < -0.4 is 10.5 Å². The van der Waals surface area contributed by atoms with Crippen molar-refractivity contribution in [2.24, 2.45) is 5.73 Å². The SMILES string of the molecule is C[C@@H](N)C(=O)N1CCCC(NS(=O)(=O)c2cccc(F)c2)C1. The van der Waals surface area contributed by atoms with Crippen LogP contribution in [-0.4, -0.2) is 44.4 Å². The summed E-state index contributed by atoms with van der Waals surface area (Å²) < 4.78 is 40.2. The van der Waals surface area contributed by atoms with Crippen LogP contribution in [0.1, 0.15) is 19.8 Å². The predicted octanol–water partition coefficient (Wildman–Crippen LogP) is 0.442. The van der Waals surface area contributed by atoms with Crippen LogP contribution in [0.5, 0.6) is 0 Å². The summed E-state index contributed by atoms with van der Waals surface area (Å²) in [5, 5.41) is 0. The number of hydrogen-bond donors (Lipinski definition) is 2. The molecule has 1 aliphatic heterocycles. The van der Waals surface area contributed by atoms with Crippen molar-refractivity contribution < 1.29 is 17.6 Å². The molecule has 2 rings (SSSR count). The average Bonchev–Trinajstić information content (AvgIpc) is 2.46. The highest BCUT2D eigenvalue weighted by Crippen LogP contribution is 2.16. The van der Waals surface area contributed by atoms with Crippen molar-refractivity contribution in [1.29, 1.82) is 0 Å². The molecule has 0 aliphatic carbocycles. The Morgan fingerprint density at radius 3 is 2.86 bits per heavy atom. The number of likely N-dealkylation sites (tertiary alicyclic amines) is 1. The molecule has 1 unspecified atom stereocenters. The lowest BCUT2D eigenvalue weighted by Gasteiger charge is -2.33. The number of nitrogens with one attached hydrogen (secondary N) is 1. The minimum atomic E-state index is -3.81. The molecule has 8 heteroatoms. The third-order valence-electron chi connectivity index (χ3n) is 3.55. The molecule has 0 aromatic heterocycles. The van der Waals surface area contributed by atoms with Crippen LogP contribution in [0, 0.1) is 5.82 Å². The van der Waals surface area contributed by atoms with Crippen LogP contribution in [0.15, 0.2) is 29.2 Å². The second kappa shape index (κ2) is 6.72. The lowest BCUT2D eigenvalue weighted by Crippen LogP contribution is -2.52. The average molecular weight is 329 g/mol. The van der Waals surface area contributed by atoms with Crippen molar-refractivity contribution in [3.05, 3.63) is 30.1 Å². The van der Waals surface area contributed by atoms with Gasteiger partial charge >= 0.3 is 0 Å². The summed E-state index contributed by atoms with van der Waals surface area (Å²) in [7, 11) is -3.81.